The van der Waals surface area contributed by atoms with E-state index < -0.39 is 9.73 Å². The molecule has 0 aromatic heterocycles. The van der Waals surface area contributed by atoms with Crippen LogP contribution in [0.4, 0.5) is 0 Å². The first-order chi connectivity index (χ1) is 3.67. The molecule has 1 aliphatic carbocycles. The molecule has 48 valence electrons. The van der Waals surface area contributed by atoms with Crippen molar-refractivity contribution in [1.82, 2.24) is 0 Å². The maximum atomic E-state index is 11.2. The Hall–Kier alpha value is -0.0500. The van der Waals surface area contributed by atoms with Crippen molar-refractivity contribution in [3.05, 3.63) is 0 Å². The maximum Gasteiger partial charge on any atom is 0.0464 e. The van der Waals surface area contributed by atoms with Gasteiger partial charge in [-0.25, -0.2) is 8.57 Å². The molecule has 0 N–H and O–H groups in total. The molecule has 3 heteroatoms. The van der Waals surface area contributed by atoms with E-state index in [9.17, 15) is 4.21 Å². The third kappa shape index (κ3) is 1.02. The zero-order valence-electron chi connectivity index (χ0n) is 5.26. The van der Waals surface area contributed by atoms with Crippen LogP contribution in [0.25, 0.3) is 0 Å². The van der Waals surface area contributed by atoms with Gasteiger partial charge in [0.05, 0.1) is 0 Å². The molecule has 1 aliphatic rings. The smallest absolute Gasteiger partial charge is 0.0464 e. The fourth-order valence-electron chi connectivity index (χ4n) is 0.654. The van der Waals surface area contributed by atoms with Crippen LogP contribution >= 0.6 is 0 Å². The fourth-order valence-corrected chi connectivity index (χ4v) is 1.96. The predicted octanol–water partition coefficient (Wildman–Crippen LogP) is 0.876. The van der Waals surface area contributed by atoms with Crippen molar-refractivity contribution in [3.63, 3.8) is 0 Å². The second-order valence-corrected chi connectivity index (χ2v) is 5.00. The zero-order valence-corrected chi connectivity index (χ0v) is 6.07. The first-order valence-electron chi connectivity index (χ1n) is 2.76. The highest BCUT2D eigenvalue weighted by Crippen LogP contribution is 2.28. The van der Waals surface area contributed by atoms with Crippen LogP contribution in [-0.4, -0.2) is 22.8 Å². The average Bonchev–Trinajstić information content (AvgIpc) is 2.44. The lowest BCUT2D eigenvalue weighted by Gasteiger charge is -1.94. The van der Waals surface area contributed by atoms with E-state index in [0.29, 0.717) is 5.25 Å². The van der Waals surface area contributed by atoms with Crippen LogP contribution in [0.3, 0.4) is 0 Å². The molecule has 2 nitrogen and oxygen atoms in total. The fraction of sp³-hybridized carbons (Fsp3) is 1.00. The summed E-state index contributed by atoms with van der Waals surface area (Å²) in [4.78, 5) is 0. The van der Waals surface area contributed by atoms with E-state index in [1.165, 1.54) is 0 Å². The first kappa shape index (κ1) is 6.08. The second kappa shape index (κ2) is 1.72. The Labute approximate surface area is 50.5 Å². The van der Waals surface area contributed by atoms with Gasteiger partial charge in [0.1, 0.15) is 0 Å². The lowest BCUT2D eigenvalue weighted by molar-refractivity contribution is 0.679. The summed E-state index contributed by atoms with van der Waals surface area (Å²) in [5, 5.41) is 0.424. The van der Waals surface area contributed by atoms with E-state index in [2.05, 4.69) is 4.36 Å². The molecule has 1 unspecified atom stereocenters. The summed E-state index contributed by atoms with van der Waals surface area (Å²) < 4.78 is 15.0. The summed E-state index contributed by atoms with van der Waals surface area (Å²) in [6.45, 7) is 0. The third-order valence-electron chi connectivity index (χ3n) is 1.51. The molecule has 0 aliphatic heterocycles. The Bertz CT molecular complexity index is 187. The van der Waals surface area contributed by atoms with Crippen LogP contribution < -0.4 is 0 Å². The Kier molecular flexibility index (Phi) is 1.31. The van der Waals surface area contributed by atoms with E-state index in [-0.39, 0.29) is 0 Å². The Morgan fingerprint density at radius 2 is 2.12 bits per heavy atom. The van der Waals surface area contributed by atoms with Crippen molar-refractivity contribution >= 4 is 9.73 Å². The summed E-state index contributed by atoms with van der Waals surface area (Å²) in [7, 11) is -0.110. The molecule has 0 aromatic carbocycles. The Morgan fingerprint density at radius 3 is 2.25 bits per heavy atom. The molecule has 1 saturated carbocycles. The van der Waals surface area contributed by atoms with Gasteiger partial charge in [-0.3, -0.25) is 0 Å². The van der Waals surface area contributed by atoms with Gasteiger partial charge >= 0.3 is 0 Å². The van der Waals surface area contributed by atoms with Crippen LogP contribution in [0.1, 0.15) is 12.8 Å². The molecule has 1 rings (SSSR count). The Morgan fingerprint density at radius 1 is 1.62 bits per heavy atom. The van der Waals surface area contributed by atoms with Crippen LogP contribution in [0.15, 0.2) is 4.36 Å². The lowest BCUT2D eigenvalue weighted by atomic mass is 11.0. The average molecular weight is 133 g/mol. The SMILES string of the molecule is CN=S(C)(=O)C1CC1. The van der Waals surface area contributed by atoms with E-state index in [0.717, 1.165) is 12.8 Å². The number of hydrogen-bond acceptors (Lipinski definition) is 2. The Balaban J connectivity index is 2.80. The minimum atomic E-state index is -1.75. The highest BCUT2D eigenvalue weighted by molar-refractivity contribution is 7.93. The molecular weight excluding hydrogens is 122 g/mol. The van der Waals surface area contributed by atoms with Crippen molar-refractivity contribution in [2.75, 3.05) is 13.3 Å². The van der Waals surface area contributed by atoms with E-state index in [1.807, 2.05) is 0 Å². The quantitative estimate of drug-likeness (QED) is 0.522. The highest BCUT2D eigenvalue weighted by Gasteiger charge is 2.29. The van der Waals surface area contributed by atoms with Gasteiger partial charge in [-0.15, -0.1) is 0 Å². The van der Waals surface area contributed by atoms with Gasteiger partial charge in [0.2, 0.25) is 0 Å². The van der Waals surface area contributed by atoms with E-state index in [1.54, 1.807) is 13.3 Å². The van der Waals surface area contributed by atoms with Gasteiger partial charge in [0.15, 0.2) is 0 Å². The minimum Gasteiger partial charge on any atom is -0.250 e. The minimum absolute atomic E-state index is 0.424. The third-order valence-corrected chi connectivity index (χ3v) is 3.94. The van der Waals surface area contributed by atoms with Crippen molar-refractivity contribution in [2.45, 2.75) is 18.1 Å². The molecule has 0 spiro atoms. The molecule has 1 atom stereocenters. The molecule has 0 aromatic rings. The molecule has 0 radical (unpaired) electrons. The number of nitrogens with zero attached hydrogens (tertiary/aromatic N) is 1. The lowest BCUT2D eigenvalue weighted by Crippen LogP contribution is -2.01. The van der Waals surface area contributed by atoms with Crippen molar-refractivity contribution < 1.29 is 4.21 Å². The highest BCUT2D eigenvalue weighted by atomic mass is 32.2. The standard InChI is InChI=1S/C5H11NOS/c1-6-8(2,7)5-3-4-5/h5H,3-4H2,1-2H3. The van der Waals surface area contributed by atoms with Crippen LogP contribution in [0.2, 0.25) is 0 Å². The summed E-state index contributed by atoms with van der Waals surface area (Å²) >= 11 is 0. The van der Waals surface area contributed by atoms with Gasteiger partial charge in [0, 0.05) is 28.3 Å². The summed E-state index contributed by atoms with van der Waals surface area (Å²) in [5.74, 6) is 0. The van der Waals surface area contributed by atoms with Gasteiger partial charge in [-0.05, 0) is 12.8 Å². The van der Waals surface area contributed by atoms with Gasteiger partial charge in [0.25, 0.3) is 0 Å². The molecule has 1 fully saturated rings. The monoisotopic (exact) mass is 133 g/mol. The van der Waals surface area contributed by atoms with Crippen LogP contribution in [0, 0.1) is 0 Å². The summed E-state index contributed by atoms with van der Waals surface area (Å²) in [5.41, 5.74) is 0. The summed E-state index contributed by atoms with van der Waals surface area (Å²) in [6.07, 6.45) is 3.98. The van der Waals surface area contributed by atoms with E-state index >= 15 is 0 Å². The maximum absolute atomic E-state index is 11.2. The van der Waals surface area contributed by atoms with Gasteiger partial charge in [-0.1, -0.05) is 0 Å². The predicted molar refractivity (Wildman–Crippen MR) is 35.4 cm³/mol. The van der Waals surface area contributed by atoms with Crippen molar-refractivity contribution in [1.29, 1.82) is 0 Å². The normalized spacial score (nSPS) is 26.8. The van der Waals surface area contributed by atoms with Crippen molar-refractivity contribution in [2.24, 2.45) is 4.36 Å². The van der Waals surface area contributed by atoms with Crippen LogP contribution in [0.5, 0.6) is 0 Å². The van der Waals surface area contributed by atoms with Gasteiger partial charge < -0.3 is 0 Å². The number of rotatable bonds is 1. The largest absolute Gasteiger partial charge is 0.250 e. The van der Waals surface area contributed by atoms with E-state index in [4.69, 9.17) is 0 Å². The number of hydrogen-bond donors (Lipinski definition) is 0. The van der Waals surface area contributed by atoms with Gasteiger partial charge in [-0.2, -0.15) is 0 Å². The first-order valence-corrected chi connectivity index (χ1v) is 4.74. The summed E-state index contributed by atoms with van der Waals surface area (Å²) in [6, 6.07) is 0. The molecule has 0 amide bonds. The molecular formula is C5H11NOS. The second-order valence-electron chi connectivity index (χ2n) is 2.24. The molecule has 0 saturated heterocycles. The van der Waals surface area contributed by atoms with Crippen molar-refractivity contribution in [3.8, 4) is 0 Å². The molecule has 0 bridgehead atoms. The van der Waals surface area contributed by atoms with Crippen LogP contribution in [-0.2, 0) is 9.73 Å². The molecule has 8 heavy (non-hydrogen) atoms. The zero-order chi connectivity index (χ0) is 6.20. The topological polar surface area (TPSA) is 29.4 Å². The molecule has 0 heterocycles.